The lowest BCUT2D eigenvalue weighted by atomic mass is 9.79. The van der Waals surface area contributed by atoms with Crippen molar-refractivity contribution in [2.75, 3.05) is 11.4 Å². The molecule has 4 nitrogen and oxygen atoms in total. The summed E-state index contributed by atoms with van der Waals surface area (Å²) in [5.41, 5.74) is 8.37. The lowest BCUT2D eigenvalue weighted by Gasteiger charge is -2.47. The van der Waals surface area contributed by atoms with Crippen molar-refractivity contribution in [2.45, 2.75) is 52.5 Å². The molecule has 1 atom stereocenters. The molecular formula is C27H31N3O. The number of rotatable bonds is 4. The zero-order valence-electron chi connectivity index (χ0n) is 19.1. The third-order valence-corrected chi connectivity index (χ3v) is 6.49. The quantitative estimate of drug-likeness (QED) is 0.420. The second-order valence-electron chi connectivity index (χ2n) is 9.16. The normalized spacial score (nSPS) is 17.7. The van der Waals surface area contributed by atoms with Crippen molar-refractivity contribution in [2.24, 2.45) is 5.10 Å². The molecule has 0 bridgehead atoms. The molecule has 0 saturated heterocycles. The molecule has 0 radical (unpaired) electrons. The molecule has 3 aromatic rings. The smallest absolute Gasteiger partial charge is 0.271 e. The summed E-state index contributed by atoms with van der Waals surface area (Å²) in [7, 11) is 0. The number of hydrazone groups is 1. The topological polar surface area (TPSA) is 44.7 Å². The van der Waals surface area contributed by atoms with Crippen molar-refractivity contribution in [3.05, 3.63) is 76.9 Å². The number of fused-ring (bicyclic) bond motifs is 2. The number of benzene rings is 3. The number of nitrogens with zero attached hydrogens (tertiary/aromatic N) is 2. The molecule has 1 amide bonds. The van der Waals surface area contributed by atoms with Gasteiger partial charge < -0.3 is 4.90 Å². The Morgan fingerprint density at radius 2 is 1.94 bits per heavy atom. The summed E-state index contributed by atoms with van der Waals surface area (Å²) >= 11 is 0. The number of hydrogen-bond donors (Lipinski definition) is 1. The number of hydrogen-bond acceptors (Lipinski definition) is 3. The van der Waals surface area contributed by atoms with E-state index in [1.54, 1.807) is 6.21 Å². The van der Waals surface area contributed by atoms with E-state index in [9.17, 15) is 4.79 Å². The lowest BCUT2D eigenvalue weighted by Crippen LogP contribution is -2.48. The molecule has 0 spiro atoms. The maximum Gasteiger partial charge on any atom is 0.271 e. The van der Waals surface area contributed by atoms with Crippen LogP contribution in [0.15, 0.2) is 59.7 Å². The van der Waals surface area contributed by atoms with Gasteiger partial charge in [0, 0.05) is 23.3 Å². The van der Waals surface area contributed by atoms with Gasteiger partial charge in [-0.3, -0.25) is 4.79 Å². The minimum absolute atomic E-state index is 0.148. The predicted octanol–water partition coefficient (Wildman–Crippen LogP) is 6.02. The van der Waals surface area contributed by atoms with E-state index in [4.69, 9.17) is 0 Å². The summed E-state index contributed by atoms with van der Waals surface area (Å²) in [6.45, 7) is 12.3. The Bertz CT molecular complexity index is 1160. The molecule has 31 heavy (non-hydrogen) atoms. The van der Waals surface area contributed by atoms with Crippen LogP contribution in [0, 0.1) is 6.92 Å². The second-order valence-corrected chi connectivity index (χ2v) is 9.16. The van der Waals surface area contributed by atoms with Gasteiger partial charge in [0.25, 0.3) is 5.91 Å². The number of anilines is 1. The highest BCUT2D eigenvalue weighted by molar-refractivity contribution is 6.07. The van der Waals surface area contributed by atoms with Gasteiger partial charge in [0.2, 0.25) is 0 Å². The van der Waals surface area contributed by atoms with Gasteiger partial charge in [-0.25, -0.2) is 5.43 Å². The molecule has 4 rings (SSSR count). The predicted molar refractivity (Wildman–Crippen MR) is 130 cm³/mol. The van der Waals surface area contributed by atoms with Crippen LogP contribution in [-0.4, -0.2) is 24.2 Å². The van der Waals surface area contributed by atoms with Gasteiger partial charge in [0.15, 0.2) is 0 Å². The molecule has 3 aromatic carbocycles. The third-order valence-electron chi connectivity index (χ3n) is 6.49. The number of carbonyl (C=O) groups is 1. The average molecular weight is 414 g/mol. The Morgan fingerprint density at radius 1 is 1.19 bits per heavy atom. The average Bonchev–Trinajstić information content (AvgIpc) is 2.73. The molecule has 1 unspecified atom stereocenters. The van der Waals surface area contributed by atoms with E-state index in [2.05, 4.69) is 62.2 Å². The van der Waals surface area contributed by atoms with Crippen LogP contribution in [0.1, 0.15) is 67.1 Å². The van der Waals surface area contributed by atoms with Gasteiger partial charge in [-0.2, -0.15) is 5.10 Å². The summed E-state index contributed by atoms with van der Waals surface area (Å²) in [5, 5.41) is 6.26. The molecule has 1 heterocycles. The monoisotopic (exact) mass is 413 g/mol. The SMILES string of the molecule is CCN1c2cc(C)c(/C=N/NC(=O)c3cccc4ccccc34)cc2C(C)CC1(C)C. The molecule has 1 aliphatic rings. The van der Waals surface area contributed by atoms with Crippen LogP contribution in [0.2, 0.25) is 0 Å². The summed E-state index contributed by atoms with van der Waals surface area (Å²) in [6, 6.07) is 18.1. The molecule has 160 valence electrons. The van der Waals surface area contributed by atoms with Gasteiger partial charge in [-0.15, -0.1) is 0 Å². The highest BCUT2D eigenvalue weighted by Gasteiger charge is 2.35. The van der Waals surface area contributed by atoms with Crippen LogP contribution in [0.25, 0.3) is 10.8 Å². The first-order valence-electron chi connectivity index (χ1n) is 11.0. The Morgan fingerprint density at radius 3 is 2.71 bits per heavy atom. The third kappa shape index (κ3) is 3.95. The van der Waals surface area contributed by atoms with Crippen molar-refractivity contribution in [1.82, 2.24) is 5.43 Å². The van der Waals surface area contributed by atoms with Crippen LogP contribution in [0.4, 0.5) is 5.69 Å². The number of nitrogens with one attached hydrogen (secondary N) is 1. The first-order chi connectivity index (χ1) is 14.8. The first kappa shape index (κ1) is 21.1. The Balaban J connectivity index is 1.59. The van der Waals surface area contributed by atoms with E-state index in [1.165, 1.54) is 11.3 Å². The van der Waals surface area contributed by atoms with E-state index >= 15 is 0 Å². The van der Waals surface area contributed by atoms with E-state index in [0.29, 0.717) is 11.5 Å². The number of carbonyl (C=O) groups excluding carboxylic acids is 1. The highest BCUT2D eigenvalue weighted by atomic mass is 16.2. The lowest BCUT2D eigenvalue weighted by molar-refractivity contribution is 0.0957. The fourth-order valence-electron chi connectivity index (χ4n) is 5.03. The molecule has 1 N–H and O–H groups in total. The van der Waals surface area contributed by atoms with Crippen molar-refractivity contribution < 1.29 is 4.79 Å². The van der Waals surface area contributed by atoms with Crippen LogP contribution < -0.4 is 10.3 Å². The van der Waals surface area contributed by atoms with Gasteiger partial charge in [-0.1, -0.05) is 43.3 Å². The van der Waals surface area contributed by atoms with Crippen LogP contribution in [-0.2, 0) is 0 Å². The maximum absolute atomic E-state index is 12.7. The Labute approximate surface area is 185 Å². The van der Waals surface area contributed by atoms with Crippen LogP contribution >= 0.6 is 0 Å². The van der Waals surface area contributed by atoms with E-state index in [-0.39, 0.29) is 11.4 Å². The fraction of sp³-hybridized carbons (Fsp3) is 0.333. The van der Waals surface area contributed by atoms with Crippen LogP contribution in [0.5, 0.6) is 0 Å². The molecule has 0 aliphatic carbocycles. The Hall–Kier alpha value is -3.14. The van der Waals surface area contributed by atoms with Crippen LogP contribution in [0.3, 0.4) is 0 Å². The molecule has 0 aromatic heterocycles. The zero-order chi connectivity index (χ0) is 22.2. The van der Waals surface area contributed by atoms with Crippen molar-refractivity contribution in [1.29, 1.82) is 0 Å². The highest BCUT2D eigenvalue weighted by Crippen LogP contribution is 2.44. The van der Waals surface area contributed by atoms with Gasteiger partial charge in [0.05, 0.1) is 6.21 Å². The van der Waals surface area contributed by atoms with E-state index in [1.807, 2.05) is 42.5 Å². The van der Waals surface area contributed by atoms with Gasteiger partial charge >= 0.3 is 0 Å². The summed E-state index contributed by atoms with van der Waals surface area (Å²) in [6.07, 6.45) is 2.88. The number of aryl methyl sites for hydroxylation is 1. The van der Waals surface area contributed by atoms with E-state index in [0.717, 1.165) is 34.9 Å². The van der Waals surface area contributed by atoms with Crippen molar-refractivity contribution in [3.63, 3.8) is 0 Å². The van der Waals surface area contributed by atoms with E-state index < -0.39 is 0 Å². The summed E-state index contributed by atoms with van der Waals surface area (Å²) in [4.78, 5) is 15.2. The maximum atomic E-state index is 12.7. The second kappa shape index (κ2) is 8.18. The standard InChI is InChI=1S/C27H31N3O/c1-6-30-25-14-18(2)21(15-24(25)19(3)16-27(30,4)5)17-28-29-26(31)23-13-9-11-20-10-7-8-12-22(20)23/h7-15,17,19H,6,16H2,1-5H3,(H,29,31)/b28-17+. The zero-order valence-corrected chi connectivity index (χ0v) is 19.1. The van der Waals surface area contributed by atoms with Gasteiger partial charge in [-0.05, 0) is 85.7 Å². The van der Waals surface area contributed by atoms with Crippen molar-refractivity contribution >= 4 is 28.6 Å². The molecule has 0 saturated carbocycles. The molecule has 4 heteroatoms. The molecule has 1 aliphatic heterocycles. The molecule has 0 fully saturated rings. The summed E-state index contributed by atoms with van der Waals surface area (Å²) in [5.74, 6) is 0.279. The van der Waals surface area contributed by atoms with Gasteiger partial charge in [0.1, 0.15) is 0 Å². The molecular weight excluding hydrogens is 382 g/mol. The minimum Gasteiger partial charge on any atom is -0.366 e. The first-order valence-corrected chi connectivity index (χ1v) is 11.0. The fourth-order valence-corrected chi connectivity index (χ4v) is 5.03. The minimum atomic E-state index is -0.198. The summed E-state index contributed by atoms with van der Waals surface area (Å²) < 4.78 is 0. The largest absolute Gasteiger partial charge is 0.366 e. The Kier molecular flexibility index (Phi) is 5.57. The van der Waals surface area contributed by atoms with Crippen molar-refractivity contribution in [3.8, 4) is 0 Å². The number of amides is 1.